The van der Waals surface area contributed by atoms with Gasteiger partial charge in [-0.1, -0.05) is 30.4 Å². The number of halogens is 1. The highest BCUT2D eigenvalue weighted by molar-refractivity contribution is 7.91. The van der Waals surface area contributed by atoms with Crippen LogP contribution in [0.3, 0.4) is 0 Å². The molecule has 2 fully saturated rings. The molecule has 0 bridgehead atoms. The van der Waals surface area contributed by atoms with Gasteiger partial charge in [0.25, 0.3) is 0 Å². The van der Waals surface area contributed by atoms with Gasteiger partial charge in [-0.3, -0.25) is 0 Å². The summed E-state index contributed by atoms with van der Waals surface area (Å²) in [5.74, 6) is 2.82. The maximum absolute atomic E-state index is 11.7. The van der Waals surface area contributed by atoms with E-state index in [1.807, 2.05) is 0 Å². The van der Waals surface area contributed by atoms with Crippen LogP contribution in [0.1, 0.15) is 32.1 Å². The molecule has 0 spiro atoms. The number of aromatic nitrogens is 4. The van der Waals surface area contributed by atoms with Crippen molar-refractivity contribution in [3.63, 3.8) is 0 Å². The zero-order valence-corrected chi connectivity index (χ0v) is 16.5. The van der Waals surface area contributed by atoms with E-state index in [2.05, 4.69) is 36.8 Å². The summed E-state index contributed by atoms with van der Waals surface area (Å²) in [6, 6.07) is 0.469. The van der Waals surface area contributed by atoms with Crippen molar-refractivity contribution in [3.05, 3.63) is 11.6 Å². The Morgan fingerprint density at radius 2 is 1.85 bits per heavy atom. The van der Waals surface area contributed by atoms with Crippen LogP contribution in [0.15, 0.2) is 6.33 Å². The Labute approximate surface area is 161 Å². The Bertz CT molecular complexity index is 779. The molecule has 2 aromatic rings. The molecule has 0 radical (unpaired) electrons. The third-order valence-corrected chi connectivity index (χ3v) is 6.80. The highest BCUT2D eigenvalue weighted by Crippen LogP contribution is 2.32. The number of anilines is 2. The van der Waals surface area contributed by atoms with Crippen LogP contribution in [-0.2, 0) is 11.2 Å². The van der Waals surface area contributed by atoms with Gasteiger partial charge in [-0.05, 0) is 24.4 Å². The van der Waals surface area contributed by atoms with Crippen molar-refractivity contribution in [2.75, 3.05) is 41.4 Å². The molecule has 0 unspecified atom stereocenters. The first-order valence-corrected chi connectivity index (χ1v) is 11.0. The lowest BCUT2D eigenvalue weighted by atomic mass is 9.94. The lowest BCUT2D eigenvalue weighted by molar-refractivity contribution is 0.426. The molecule has 7 nitrogen and oxygen atoms in total. The van der Waals surface area contributed by atoms with E-state index >= 15 is 0 Å². The first-order chi connectivity index (χ1) is 12.6. The van der Waals surface area contributed by atoms with Crippen LogP contribution in [0.25, 0.3) is 11.0 Å². The lowest BCUT2D eigenvalue weighted by Gasteiger charge is -2.33. The average molecular weight is 395 g/mol. The van der Waals surface area contributed by atoms with Gasteiger partial charge >= 0.3 is 0 Å². The van der Waals surface area contributed by atoms with Crippen molar-refractivity contribution in [1.82, 2.24) is 19.9 Å². The minimum atomic E-state index is -0.748. The average Bonchev–Trinajstić information content (AvgIpc) is 2.68. The quantitative estimate of drug-likeness (QED) is 0.584. The smallest absolute Gasteiger partial charge is 0.225 e. The summed E-state index contributed by atoms with van der Waals surface area (Å²) in [4.78, 5) is 22.2. The minimum absolute atomic E-state index is 0.201. The monoisotopic (exact) mass is 394 g/mol. The van der Waals surface area contributed by atoms with Crippen LogP contribution in [0, 0.1) is 0 Å². The normalized spacial score (nSPS) is 19.9. The van der Waals surface area contributed by atoms with E-state index in [0.29, 0.717) is 36.2 Å². The molecule has 140 valence electrons. The second kappa shape index (κ2) is 7.70. The van der Waals surface area contributed by atoms with Crippen LogP contribution in [-0.4, -0.2) is 62.2 Å². The van der Waals surface area contributed by atoms with E-state index in [1.165, 1.54) is 32.1 Å². The maximum Gasteiger partial charge on any atom is 0.225 e. The molecule has 1 saturated carbocycles. The first-order valence-electron chi connectivity index (χ1n) is 9.14. The van der Waals surface area contributed by atoms with E-state index in [-0.39, 0.29) is 5.28 Å². The first kappa shape index (κ1) is 18.0. The van der Waals surface area contributed by atoms with Crippen LogP contribution in [0.5, 0.6) is 0 Å². The summed E-state index contributed by atoms with van der Waals surface area (Å²) in [5.41, 5.74) is 1.41. The third kappa shape index (κ3) is 3.54. The van der Waals surface area contributed by atoms with Crippen LogP contribution in [0.2, 0.25) is 5.28 Å². The van der Waals surface area contributed by atoms with E-state index < -0.39 is 11.2 Å². The molecule has 2 aromatic heterocycles. The highest BCUT2D eigenvalue weighted by atomic mass is 35.5. The molecule has 0 atom stereocenters. The van der Waals surface area contributed by atoms with E-state index in [0.717, 1.165) is 17.2 Å². The Hall–Kier alpha value is -1.38. The van der Waals surface area contributed by atoms with Crippen LogP contribution in [0.4, 0.5) is 11.6 Å². The molecule has 1 aliphatic heterocycles. The second-order valence-corrected chi connectivity index (χ2v) is 8.98. The van der Waals surface area contributed by atoms with Crippen LogP contribution < -0.4 is 9.80 Å². The molecule has 4 rings (SSSR count). The summed E-state index contributed by atoms with van der Waals surface area (Å²) in [7, 11) is 2.08. The molecule has 2 aliphatic rings. The Morgan fingerprint density at radius 3 is 2.58 bits per heavy atom. The predicted molar refractivity (Wildman–Crippen MR) is 106 cm³/mol. The van der Waals surface area contributed by atoms with Gasteiger partial charge in [0.15, 0.2) is 11.6 Å². The van der Waals surface area contributed by atoms with Gasteiger partial charge in [0, 0.05) is 13.1 Å². The molecule has 26 heavy (non-hydrogen) atoms. The van der Waals surface area contributed by atoms with Gasteiger partial charge in [0.05, 0.1) is 13.1 Å². The molecule has 0 amide bonds. The second-order valence-electron chi connectivity index (χ2n) is 6.95. The van der Waals surface area contributed by atoms with Crippen molar-refractivity contribution in [2.45, 2.75) is 38.1 Å². The molecule has 1 saturated heterocycles. The molecule has 0 N–H and O–H groups in total. The molecule has 9 heteroatoms. The van der Waals surface area contributed by atoms with Crippen molar-refractivity contribution < 1.29 is 4.55 Å². The zero-order valence-electron chi connectivity index (χ0n) is 14.9. The third-order valence-electron chi connectivity index (χ3n) is 5.35. The van der Waals surface area contributed by atoms with Crippen molar-refractivity contribution in [2.24, 2.45) is 0 Å². The standard InChI is InChI=1S/C17H23ClN6OS/c1-23(12-5-3-2-4-6-12)15-14-13(19-11-20-15)16(22-17(18)21-14)24-7-9-26(25)10-8-24/h11-12H,2-10H2,1H3. The predicted octanol–water partition coefficient (Wildman–Crippen LogP) is 2.41. The van der Waals surface area contributed by atoms with Crippen molar-refractivity contribution in [3.8, 4) is 0 Å². The molecular weight excluding hydrogens is 372 g/mol. The fraction of sp³-hybridized carbons (Fsp3) is 0.647. The highest BCUT2D eigenvalue weighted by Gasteiger charge is 2.26. The Kier molecular flexibility index (Phi) is 5.33. The minimum Gasteiger partial charge on any atom is -0.616 e. The van der Waals surface area contributed by atoms with Gasteiger partial charge in [-0.25, -0.2) is 15.0 Å². The summed E-state index contributed by atoms with van der Waals surface area (Å²) in [5, 5.41) is 0.201. The van der Waals surface area contributed by atoms with E-state index in [9.17, 15) is 4.55 Å². The molecular formula is C17H23ClN6OS. The fourth-order valence-electron chi connectivity index (χ4n) is 3.86. The fourth-order valence-corrected chi connectivity index (χ4v) is 5.08. The summed E-state index contributed by atoms with van der Waals surface area (Å²) < 4.78 is 11.7. The zero-order chi connectivity index (χ0) is 18.1. The van der Waals surface area contributed by atoms with Crippen molar-refractivity contribution in [1.29, 1.82) is 0 Å². The van der Waals surface area contributed by atoms with Gasteiger partial charge in [0.2, 0.25) is 5.28 Å². The number of hydrogen-bond acceptors (Lipinski definition) is 7. The summed E-state index contributed by atoms with van der Waals surface area (Å²) >= 11 is 5.50. The van der Waals surface area contributed by atoms with Gasteiger partial charge < -0.3 is 14.4 Å². The summed E-state index contributed by atoms with van der Waals surface area (Å²) in [6.45, 7) is 1.37. The largest absolute Gasteiger partial charge is 0.616 e. The number of rotatable bonds is 3. The topological polar surface area (TPSA) is 81.1 Å². The number of hydrogen-bond donors (Lipinski definition) is 0. The maximum atomic E-state index is 11.7. The summed E-state index contributed by atoms with van der Waals surface area (Å²) in [6.07, 6.45) is 7.74. The van der Waals surface area contributed by atoms with E-state index in [4.69, 9.17) is 11.6 Å². The molecule has 1 aliphatic carbocycles. The number of fused-ring (bicyclic) bond motifs is 1. The number of nitrogens with zero attached hydrogens (tertiary/aromatic N) is 6. The van der Waals surface area contributed by atoms with Gasteiger partial charge in [-0.2, -0.15) is 4.98 Å². The Morgan fingerprint density at radius 1 is 1.12 bits per heavy atom. The molecule has 0 aromatic carbocycles. The lowest BCUT2D eigenvalue weighted by Crippen LogP contribution is -2.41. The van der Waals surface area contributed by atoms with Gasteiger partial charge in [0.1, 0.15) is 28.9 Å². The SMILES string of the molecule is CN(c1ncnc2c(N3CC[S+]([O-])CC3)nc(Cl)nc12)C1CCCCC1. The van der Waals surface area contributed by atoms with Crippen molar-refractivity contribution >= 4 is 45.4 Å². The van der Waals surface area contributed by atoms with E-state index in [1.54, 1.807) is 6.33 Å². The molecule has 3 heterocycles. The van der Waals surface area contributed by atoms with Crippen LogP contribution >= 0.6 is 11.6 Å². The van der Waals surface area contributed by atoms with Gasteiger partial charge in [-0.15, -0.1) is 0 Å². The Balaban J connectivity index is 1.74.